The average Bonchev–Trinajstić information content (AvgIpc) is 4.38. The Hall–Kier alpha value is -7.34. The van der Waals surface area contributed by atoms with Gasteiger partial charge in [-0.15, -0.1) is 0 Å². The zero-order valence-electron chi connectivity index (χ0n) is 48.5. The number of alkyl halides is 4. The number of nitrogens with one attached hydrogen (secondary N) is 5. The van der Waals surface area contributed by atoms with Crippen LogP contribution in [0.2, 0.25) is 0 Å². The number of aliphatic hydroxyl groups excluding tert-OH is 2. The van der Waals surface area contributed by atoms with Gasteiger partial charge in [0, 0.05) is 19.6 Å². The Morgan fingerprint density at radius 1 is 0.530 bits per heavy atom. The van der Waals surface area contributed by atoms with Gasteiger partial charge < -0.3 is 60.8 Å². The van der Waals surface area contributed by atoms with Gasteiger partial charge in [0.1, 0.15) is 49.6 Å². The first kappa shape index (κ1) is 68.2. The third kappa shape index (κ3) is 19.4. The van der Waals surface area contributed by atoms with Crippen LogP contribution in [0.3, 0.4) is 0 Å². The molecule has 2 aliphatic heterocycles. The minimum atomic E-state index is -4.25. The van der Waals surface area contributed by atoms with E-state index in [-0.39, 0.29) is 64.1 Å². The first-order valence-electron chi connectivity index (χ1n) is 27.9. The van der Waals surface area contributed by atoms with Gasteiger partial charge in [-0.25, -0.2) is 14.4 Å². The molecule has 0 radical (unpaired) electrons. The van der Waals surface area contributed by atoms with Crippen LogP contribution in [0.15, 0.2) is 91.0 Å². The molecular formula is C59H81F4N7O13. The van der Waals surface area contributed by atoms with Crippen LogP contribution < -0.4 is 26.6 Å². The smallest absolute Gasteiger partial charge is 0.408 e. The highest BCUT2D eigenvalue weighted by Gasteiger charge is 2.54. The highest BCUT2D eigenvalue weighted by Crippen LogP contribution is 2.29. The highest BCUT2D eigenvalue weighted by atomic mass is 19.3. The molecule has 4 unspecified atom stereocenters. The zero-order valence-corrected chi connectivity index (χ0v) is 48.5. The van der Waals surface area contributed by atoms with Crippen LogP contribution in [0.25, 0.3) is 0 Å². The maximum atomic E-state index is 15.1. The van der Waals surface area contributed by atoms with E-state index in [0.29, 0.717) is 18.4 Å². The molecule has 7 N–H and O–H groups in total. The Labute approximate surface area is 482 Å². The molecule has 2 heterocycles. The van der Waals surface area contributed by atoms with Crippen LogP contribution in [0.1, 0.15) is 105 Å². The average molecular weight is 1170 g/mol. The van der Waals surface area contributed by atoms with Crippen molar-refractivity contribution in [2.45, 2.75) is 168 Å². The molecule has 0 saturated carbocycles. The van der Waals surface area contributed by atoms with E-state index in [9.17, 15) is 57.4 Å². The van der Waals surface area contributed by atoms with Gasteiger partial charge in [0.05, 0.1) is 18.7 Å². The van der Waals surface area contributed by atoms with E-state index in [4.69, 9.17) is 9.47 Å². The highest BCUT2D eigenvalue weighted by molar-refractivity contribution is 5.93. The van der Waals surface area contributed by atoms with Gasteiger partial charge in [-0.2, -0.15) is 17.6 Å². The van der Waals surface area contributed by atoms with Crippen molar-refractivity contribution in [2.75, 3.05) is 19.7 Å². The van der Waals surface area contributed by atoms with E-state index < -0.39 is 120 Å². The van der Waals surface area contributed by atoms with E-state index >= 15 is 8.78 Å². The van der Waals surface area contributed by atoms with E-state index in [0.717, 1.165) is 11.1 Å². The third-order valence-corrected chi connectivity index (χ3v) is 14.1. The van der Waals surface area contributed by atoms with Crippen LogP contribution in [0.5, 0.6) is 0 Å². The number of benzene rings is 3. The molecule has 0 aromatic heterocycles. The molecule has 83 heavy (non-hydrogen) atoms. The summed E-state index contributed by atoms with van der Waals surface area (Å²) in [7, 11) is 0. The molecule has 8 atom stereocenters. The summed E-state index contributed by atoms with van der Waals surface area (Å²) in [4.78, 5) is 105. The van der Waals surface area contributed by atoms with Gasteiger partial charge in [-0.05, 0) is 73.0 Å². The number of ether oxygens (including phenoxy) is 3. The number of rotatable bonds is 25. The molecule has 2 aliphatic rings. The Balaban J connectivity index is 0.000000359. The van der Waals surface area contributed by atoms with Crippen molar-refractivity contribution < 1.29 is 80.3 Å². The van der Waals surface area contributed by atoms with Gasteiger partial charge in [-0.1, -0.05) is 146 Å². The molecule has 3 aromatic carbocycles. The molecule has 0 aliphatic carbocycles. The number of aliphatic hydroxyl groups is 2. The lowest BCUT2D eigenvalue weighted by molar-refractivity contribution is -0.193. The van der Waals surface area contributed by atoms with Crippen LogP contribution >= 0.6 is 0 Å². The quantitative estimate of drug-likeness (QED) is 0.0291. The summed E-state index contributed by atoms with van der Waals surface area (Å²) < 4.78 is 74.2. The number of esters is 1. The fraction of sp³-hybridized carbons (Fsp3) is 0.559. The number of halogens is 4. The van der Waals surface area contributed by atoms with Crippen molar-refractivity contribution in [2.24, 2.45) is 23.7 Å². The van der Waals surface area contributed by atoms with Gasteiger partial charge >= 0.3 is 30.0 Å². The summed E-state index contributed by atoms with van der Waals surface area (Å²) in [6, 6.07) is 19.5. The maximum Gasteiger partial charge on any atom is 0.408 e. The first-order valence-corrected chi connectivity index (χ1v) is 27.9. The molecule has 24 heteroatoms. The number of hydrogen-bond acceptors (Lipinski definition) is 13. The molecule has 5 rings (SSSR count). The Morgan fingerprint density at radius 3 is 1.24 bits per heavy atom. The molecule has 7 amide bonds. The third-order valence-electron chi connectivity index (χ3n) is 14.1. The monoisotopic (exact) mass is 1170 g/mol. The van der Waals surface area contributed by atoms with Crippen molar-refractivity contribution >= 4 is 47.7 Å². The van der Waals surface area contributed by atoms with Crippen LogP contribution in [-0.4, -0.2) is 148 Å². The number of likely N-dealkylation sites (tertiary alicyclic amines) is 2. The minimum absolute atomic E-state index is 0.00819. The fourth-order valence-corrected chi connectivity index (χ4v) is 9.34. The Morgan fingerprint density at radius 2 is 0.892 bits per heavy atom. The zero-order chi connectivity index (χ0) is 61.8. The minimum Gasteiger partial charge on any atom is -0.461 e. The number of carbonyl (C=O) groups excluding carboxylic acids is 8. The van der Waals surface area contributed by atoms with Crippen LogP contribution in [0.4, 0.5) is 27.2 Å². The maximum absolute atomic E-state index is 15.1. The van der Waals surface area contributed by atoms with Crippen molar-refractivity contribution in [3.63, 3.8) is 0 Å². The summed E-state index contributed by atoms with van der Waals surface area (Å²) in [5, 5.41) is 33.2. The van der Waals surface area contributed by atoms with Crippen LogP contribution in [0, 0.1) is 23.7 Å². The molecule has 0 bridgehead atoms. The summed E-state index contributed by atoms with van der Waals surface area (Å²) >= 11 is 0. The molecule has 20 nitrogen and oxygen atoms in total. The van der Waals surface area contributed by atoms with Crippen molar-refractivity contribution in [3.05, 3.63) is 108 Å². The number of carbonyl (C=O) groups is 8. The second-order valence-corrected chi connectivity index (χ2v) is 21.8. The number of hydrogen-bond donors (Lipinski definition) is 7. The second kappa shape index (κ2) is 31.9. The summed E-state index contributed by atoms with van der Waals surface area (Å²) in [6.45, 7) is 14.4. The number of alkyl carbamates (subject to hydrolysis) is 2. The lowest BCUT2D eigenvalue weighted by atomic mass is 9.93. The molecular weight excluding hydrogens is 1090 g/mol. The number of nitrogens with zero attached hydrogens (tertiary/aromatic N) is 2. The topological polar surface area (TPSA) is 271 Å². The van der Waals surface area contributed by atoms with Crippen LogP contribution in [-0.2, 0) is 62.7 Å². The summed E-state index contributed by atoms with van der Waals surface area (Å²) in [6.07, 6.45) is -5.20. The summed E-state index contributed by atoms with van der Waals surface area (Å²) in [5.41, 5.74) is 2.14. The van der Waals surface area contributed by atoms with Gasteiger partial charge in [-0.3, -0.25) is 24.0 Å². The second-order valence-electron chi connectivity index (χ2n) is 21.8. The Bertz CT molecular complexity index is 2600. The SMILES string of the molecule is CC(C)[C@H](NC(=O)C1CCCN1C(=O)[C@@H](NC(=O)OCc1ccccc1)C(C)C)C(O)C(F)(F)C(=O)NCc1ccccc1.CCOC(=O)C(F)(F)C(O)[C@@H](NC(=O)C1CCCN1C(=O)[C@@H](NC(=O)OCc1ccccc1)C(C)C)C(C)C. The van der Waals surface area contributed by atoms with Crippen molar-refractivity contribution in [1.82, 2.24) is 36.4 Å². The van der Waals surface area contributed by atoms with E-state index in [1.54, 1.807) is 107 Å². The van der Waals surface area contributed by atoms with E-state index in [1.807, 2.05) is 12.1 Å². The summed E-state index contributed by atoms with van der Waals surface area (Å²) in [5.74, 6) is -16.6. The van der Waals surface area contributed by atoms with Gasteiger partial charge in [0.2, 0.25) is 23.6 Å². The fourth-order valence-electron chi connectivity index (χ4n) is 9.34. The lowest BCUT2D eigenvalue weighted by Gasteiger charge is -2.34. The van der Waals surface area contributed by atoms with Gasteiger partial charge in [0.25, 0.3) is 5.91 Å². The van der Waals surface area contributed by atoms with Gasteiger partial charge in [0.15, 0.2) is 0 Å². The molecule has 3 aromatic rings. The van der Waals surface area contributed by atoms with E-state index in [2.05, 4.69) is 31.3 Å². The van der Waals surface area contributed by atoms with Crippen molar-refractivity contribution in [3.8, 4) is 0 Å². The molecule has 2 fully saturated rings. The predicted molar refractivity (Wildman–Crippen MR) is 297 cm³/mol. The largest absolute Gasteiger partial charge is 0.461 e. The molecule has 458 valence electrons. The normalized spacial score (nSPS) is 17.5. The van der Waals surface area contributed by atoms with E-state index in [1.165, 1.54) is 44.4 Å². The Kier molecular flexibility index (Phi) is 26.2. The predicted octanol–water partition coefficient (Wildman–Crippen LogP) is 6.01. The first-order chi connectivity index (χ1) is 39.1. The lowest BCUT2D eigenvalue weighted by Crippen LogP contribution is -2.61. The van der Waals surface area contributed by atoms with Crippen molar-refractivity contribution in [1.29, 1.82) is 0 Å². The molecule has 2 saturated heterocycles. The standard InChI is InChI=1S/C32H42F2N4O6.C27H39F2N3O7/c1-20(2)25(27(39)32(33,34)30(42)35-18-22-12-7-5-8-13-22)36-28(40)24-16-11-17-38(24)29(41)26(21(3)4)37-31(43)44-19-23-14-9-6-10-15-23;1-6-38-25(36)27(28,29)22(33)20(16(2)3)30-23(34)19-13-10-14-32(19)24(35)21(17(4)5)31-26(37)39-15-18-11-8-7-9-12-18/h5-10,12-15,20-21,24-27,39H,11,16-19H2,1-4H3,(H,35,42)(H,36,40)(H,37,43);7-9,11-12,16-17,19-22,33H,6,10,13-15H2,1-5H3,(H,30,34)(H,31,37)/t24?,25-,26-,27?;19?,20-,21-,22?/m00/s1. The number of amides is 7. The molecule has 0 spiro atoms.